The number of benzene rings is 1. The molecule has 0 aliphatic heterocycles. The Labute approximate surface area is 115 Å². The molecule has 0 atom stereocenters. The summed E-state index contributed by atoms with van der Waals surface area (Å²) in [5, 5.41) is 0. The minimum atomic E-state index is 0.774. The normalized spacial score (nSPS) is 12.8. The minimum Gasteiger partial charge on any atom is -0.497 e. The standard InChI is InChI=1S/C16H21NO2/c1-5-7-16(13(3)17-12-6-2)19-15-10-8-14(18-4)9-11-15/h6-12H,5H2,1-4H3/b12-6-,16-7-,17-13+. The van der Waals surface area contributed by atoms with E-state index in [1.807, 2.05) is 50.3 Å². The van der Waals surface area contributed by atoms with Crippen LogP contribution < -0.4 is 9.47 Å². The highest BCUT2D eigenvalue weighted by Crippen LogP contribution is 2.19. The molecule has 1 rings (SSSR count). The van der Waals surface area contributed by atoms with E-state index in [0.29, 0.717) is 0 Å². The van der Waals surface area contributed by atoms with Crippen LogP contribution in [0.15, 0.2) is 53.4 Å². The lowest BCUT2D eigenvalue weighted by molar-refractivity contribution is 0.411. The van der Waals surface area contributed by atoms with Crippen LogP contribution in [0.5, 0.6) is 11.5 Å². The smallest absolute Gasteiger partial charge is 0.144 e. The Bertz CT molecular complexity index is 470. The van der Waals surface area contributed by atoms with Crippen LogP contribution >= 0.6 is 0 Å². The average molecular weight is 259 g/mol. The largest absolute Gasteiger partial charge is 0.497 e. The molecule has 1 aromatic carbocycles. The van der Waals surface area contributed by atoms with Crippen molar-refractivity contribution < 1.29 is 9.47 Å². The van der Waals surface area contributed by atoms with Gasteiger partial charge < -0.3 is 9.47 Å². The quantitative estimate of drug-likeness (QED) is 0.561. The maximum absolute atomic E-state index is 5.85. The van der Waals surface area contributed by atoms with E-state index in [1.165, 1.54) is 0 Å². The summed E-state index contributed by atoms with van der Waals surface area (Å²) in [4.78, 5) is 4.31. The van der Waals surface area contributed by atoms with E-state index in [1.54, 1.807) is 13.3 Å². The number of nitrogens with zero attached hydrogens (tertiary/aromatic N) is 1. The van der Waals surface area contributed by atoms with Gasteiger partial charge in [-0.3, -0.25) is 4.99 Å². The number of rotatable bonds is 6. The highest BCUT2D eigenvalue weighted by Gasteiger charge is 2.04. The third kappa shape index (κ3) is 5.00. The number of ether oxygens (including phenoxy) is 2. The van der Waals surface area contributed by atoms with Crippen LogP contribution in [-0.2, 0) is 0 Å². The zero-order valence-corrected chi connectivity index (χ0v) is 12.0. The highest BCUT2D eigenvalue weighted by molar-refractivity contribution is 5.97. The average Bonchev–Trinajstić information content (AvgIpc) is 2.45. The first-order valence-corrected chi connectivity index (χ1v) is 6.39. The van der Waals surface area contributed by atoms with Crippen molar-refractivity contribution in [3.63, 3.8) is 0 Å². The second-order valence-corrected chi connectivity index (χ2v) is 3.95. The predicted octanol–water partition coefficient (Wildman–Crippen LogP) is 4.36. The second kappa shape index (κ2) is 8.14. The van der Waals surface area contributed by atoms with Gasteiger partial charge in [-0.2, -0.15) is 0 Å². The molecule has 0 fully saturated rings. The molecule has 19 heavy (non-hydrogen) atoms. The summed E-state index contributed by atoms with van der Waals surface area (Å²) in [6.45, 7) is 5.94. The molecule has 0 bridgehead atoms. The van der Waals surface area contributed by atoms with E-state index in [-0.39, 0.29) is 0 Å². The summed E-state index contributed by atoms with van der Waals surface area (Å²) in [6, 6.07) is 7.51. The van der Waals surface area contributed by atoms with Crippen molar-refractivity contribution in [2.75, 3.05) is 7.11 Å². The lowest BCUT2D eigenvalue weighted by Gasteiger charge is -2.10. The van der Waals surface area contributed by atoms with Gasteiger partial charge in [0.1, 0.15) is 17.3 Å². The molecule has 0 saturated heterocycles. The lowest BCUT2D eigenvalue weighted by atomic mass is 10.2. The second-order valence-electron chi connectivity index (χ2n) is 3.95. The van der Waals surface area contributed by atoms with Crippen molar-refractivity contribution in [3.05, 3.63) is 48.4 Å². The molecule has 0 aliphatic rings. The van der Waals surface area contributed by atoms with Crippen LogP contribution in [-0.4, -0.2) is 12.8 Å². The molecular formula is C16H21NO2. The Morgan fingerprint density at radius 2 is 1.84 bits per heavy atom. The first-order valence-electron chi connectivity index (χ1n) is 6.39. The number of allylic oxidation sites excluding steroid dienone is 3. The molecule has 3 nitrogen and oxygen atoms in total. The van der Waals surface area contributed by atoms with E-state index in [9.17, 15) is 0 Å². The lowest BCUT2D eigenvalue weighted by Crippen LogP contribution is -2.05. The fraction of sp³-hybridized carbons (Fsp3) is 0.312. The molecule has 0 saturated carbocycles. The van der Waals surface area contributed by atoms with Gasteiger partial charge in [0.15, 0.2) is 0 Å². The first kappa shape index (κ1) is 15.0. The van der Waals surface area contributed by atoms with Crippen molar-refractivity contribution in [3.8, 4) is 11.5 Å². The molecule has 1 aromatic rings. The maximum atomic E-state index is 5.85. The fourth-order valence-corrected chi connectivity index (χ4v) is 1.47. The van der Waals surface area contributed by atoms with E-state index < -0.39 is 0 Å². The van der Waals surface area contributed by atoms with Gasteiger partial charge in [-0.15, -0.1) is 0 Å². The van der Waals surface area contributed by atoms with Crippen LogP contribution in [0, 0.1) is 0 Å². The van der Waals surface area contributed by atoms with E-state index in [0.717, 1.165) is 29.4 Å². The topological polar surface area (TPSA) is 30.8 Å². The molecule has 3 heteroatoms. The molecule has 0 amide bonds. The number of methoxy groups -OCH3 is 1. The van der Waals surface area contributed by atoms with Crippen molar-refractivity contribution in [2.24, 2.45) is 4.99 Å². The molecule has 0 N–H and O–H groups in total. The van der Waals surface area contributed by atoms with Crippen LogP contribution in [0.4, 0.5) is 0 Å². The molecule has 0 aliphatic carbocycles. The Morgan fingerprint density at radius 1 is 1.21 bits per heavy atom. The summed E-state index contributed by atoms with van der Waals surface area (Å²) >= 11 is 0. The summed E-state index contributed by atoms with van der Waals surface area (Å²) in [6.07, 6.45) is 6.57. The monoisotopic (exact) mass is 259 g/mol. The van der Waals surface area contributed by atoms with E-state index in [4.69, 9.17) is 9.47 Å². The zero-order valence-electron chi connectivity index (χ0n) is 12.0. The van der Waals surface area contributed by atoms with Crippen LogP contribution in [0.3, 0.4) is 0 Å². The van der Waals surface area contributed by atoms with Gasteiger partial charge >= 0.3 is 0 Å². The van der Waals surface area contributed by atoms with Gasteiger partial charge in [0, 0.05) is 6.20 Å². The number of hydrogen-bond donors (Lipinski definition) is 0. The SMILES string of the molecule is C\C=C/N=C(C)/C(=C/CC)Oc1ccc(OC)cc1. The highest BCUT2D eigenvalue weighted by atomic mass is 16.5. The fourth-order valence-electron chi connectivity index (χ4n) is 1.47. The molecule has 0 radical (unpaired) electrons. The Hall–Kier alpha value is -2.03. The van der Waals surface area contributed by atoms with Gasteiger partial charge in [0.25, 0.3) is 0 Å². The Kier molecular flexibility index (Phi) is 6.44. The summed E-state index contributed by atoms with van der Waals surface area (Å²) in [7, 11) is 1.65. The van der Waals surface area contributed by atoms with Crippen molar-refractivity contribution >= 4 is 5.71 Å². The van der Waals surface area contributed by atoms with Crippen molar-refractivity contribution in [2.45, 2.75) is 27.2 Å². The predicted molar refractivity (Wildman–Crippen MR) is 79.9 cm³/mol. The Balaban J connectivity index is 2.86. The number of hydrogen-bond acceptors (Lipinski definition) is 3. The summed E-state index contributed by atoms with van der Waals surface area (Å²) in [5.74, 6) is 2.37. The van der Waals surface area contributed by atoms with Crippen LogP contribution in [0.25, 0.3) is 0 Å². The van der Waals surface area contributed by atoms with Gasteiger partial charge in [-0.25, -0.2) is 0 Å². The van der Waals surface area contributed by atoms with E-state index in [2.05, 4.69) is 11.9 Å². The molecule has 0 heterocycles. The summed E-state index contributed by atoms with van der Waals surface area (Å²) < 4.78 is 11.0. The maximum Gasteiger partial charge on any atom is 0.144 e. The van der Waals surface area contributed by atoms with E-state index >= 15 is 0 Å². The molecular weight excluding hydrogens is 238 g/mol. The molecule has 0 spiro atoms. The van der Waals surface area contributed by atoms with Gasteiger partial charge in [-0.05, 0) is 50.6 Å². The van der Waals surface area contributed by atoms with Crippen molar-refractivity contribution in [1.82, 2.24) is 0 Å². The van der Waals surface area contributed by atoms with Gasteiger partial charge in [0.2, 0.25) is 0 Å². The van der Waals surface area contributed by atoms with Crippen molar-refractivity contribution in [1.29, 1.82) is 0 Å². The summed E-state index contributed by atoms with van der Waals surface area (Å²) in [5.41, 5.74) is 0.857. The molecule has 0 unspecified atom stereocenters. The number of aliphatic imine (C=N–C) groups is 1. The van der Waals surface area contributed by atoms with Crippen LogP contribution in [0.2, 0.25) is 0 Å². The Morgan fingerprint density at radius 3 is 2.37 bits per heavy atom. The van der Waals surface area contributed by atoms with Gasteiger partial charge in [-0.1, -0.05) is 13.0 Å². The molecule has 102 valence electrons. The third-order valence-corrected chi connectivity index (χ3v) is 2.45. The van der Waals surface area contributed by atoms with Crippen LogP contribution in [0.1, 0.15) is 27.2 Å². The molecule has 0 aromatic heterocycles. The zero-order chi connectivity index (χ0) is 14.1. The minimum absolute atomic E-state index is 0.774. The van der Waals surface area contributed by atoms with Gasteiger partial charge in [0.05, 0.1) is 12.8 Å². The third-order valence-electron chi connectivity index (χ3n) is 2.45. The first-order chi connectivity index (χ1) is 9.21.